The summed E-state index contributed by atoms with van der Waals surface area (Å²) in [5, 5.41) is 3.20. The van der Waals surface area contributed by atoms with Crippen LogP contribution >= 0.6 is 0 Å². The van der Waals surface area contributed by atoms with Crippen LogP contribution in [0.25, 0.3) is 11.1 Å². The van der Waals surface area contributed by atoms with Crippen molar-refractivity contribution in [1.29, 1.82) is 0 Å². The molecular weight excluding hydrogens is 340 g/mol. The smallest absolute Gasteiger partial charge is 0.395 e. The molecule has 0 amide bonds. The standard InChI is InChI=1S/C19H15F2N3O2/c1-12-4-3-9-22-15(12)11-24-17-8-7-13(10-23-17)14-5-2-6-16-18(14)26-19(20,21)25-16/h2-10H,11H2,1H3,(H,23,24). The van der Waals surface area contributed by atoms with Gasteiger partial charge in [0.25, 0.3) is 0 Å². The van der Waals surface area contributed by atoms with E-state index in [1.807, 2.05) is 19.1 Å². The largest absolute Gasteiger partial charge is 0.586 e. The van der Waals surface area contributed by atoms with Crippen LogP contribution in [0.4, 0.5) is 14.6 Å². The topological polar surface area (TPSA) is 56.3 Å². The molecule has 0 saturated heterocycles. The lowest BCUT2D eigenvalue weighted by molar-refractivity contribution is -0.286. The van der Waals surface area contributed by atoms with E-state index in [0.29, 0.717) is 23.5 Å². The Hall–Kier alpha value is -3.22. The van der Waals surface area contributed by atoms with Crippen molar-refractivity contribution in [3.05, 3.63) is 66.1 Å². The van der Waals surface area contributed by atoms with Gasteiger partial charge in [-0.3, -0.25) is 4.98 Å². The minimum atomic E-state index is -3.64. The van der Waals surface area contributed by atoms with Gasteiger partial charge in [0.05, 0.1) is 12.2 Å². The summed E-state index contributed by atoms with van der Waals surface area (Å²) in [4.78, 5) is 8.66. The molecule has 26 heavy (non-hydrogen) atoms. The number of pyridine rings is 2. The molecule has 2 aromatic heterocycles. The molecule has 4 rings (SSSR count). The molecule has 1 aromatic carbocycles. The van der Waals surface area contributed by atoms with Crippen LogP contribution in [-0.2, 0) is 6.54 Å². The Morgan fingerprint density at radius 2 is 1.92 bits per heavy atom. The first-order valence-electron chi connectivity index (χ1n) is 8.01. The molecule has 1 N–H and O–H groups in total. The third-order valence-corrected chi connectivity index (χ3v) is 4.06. The molecule has 0 bridgehead atoms. The average molecular weight is 355 g/mol. The van der Waals surface area contributed by atoms with Crippen molar-refractivity contribution in [2.24, 2.45) is 0 Å². The van der Waals surface area contributed by atoms with Gasteiger partial charge in [-0.05, 0) is 36.8 Å². The number of aryl methyl sites for hydroxylation is 1. The lowest BCUT2D eigenvalue weighted by Gasteiger charge is -2.09. The summed E-state index contributed by atoms with van der Waals surface area (Å²) in [6.07, 6.45) is -0.300. The molecule has 3 heterocycles. The molecule has 0 radical (unpaired) electrons. The summed E-state index contributed by atoms with van der Waals surface area (Å²) < 4.78 is 35.7. The molecule has 0 spiro atoms. The number of halogens is 2. The highest BCUT2D eigenvalue weighted by atomic mass is 19.3. The lowest BCUT2D eigenvalue weighted by atomic mass is 10.1. The Kier molecular flexibility index (Phi) is 3.91. The molecule has 0 aliphatic carbocycles. The SMILES string of the molecule is Cc1cccnc1CNc1ccc(-c2cccc3c2OC(F)(F)O3)cn1. The number of nitrogens with one attached hydrogen (secondary N) is 1. The van der Waals surface area contributed by atoms with E-state index < -0.39 is 6.29 Å². The quantitative estimate of drug-likeness (QED) is 0.752. The summed E-state index contributed by atoms with van der Waals surface area (Å²) in [6, 6.07) is 12.2. The fraction of sp³-hybridized carbons (Fsp3) is 0.158. The van der Waals surface area contributed by atoms with Crippen molar-refractivity contribution in [2.75, 3.05) is 5.32 Å². The van der Waals surface area contributed by atoms with Gasteiger partial charge in [0, 0.05) is 23.5 Å². The third-order valence-electron chi connectivity index (χ3n) is 4.06. The van der Waals surface area contributed by atoms with Gasteiger partial charge in [-0.1, -0.05) is 18.2 Å². The van der Waals surface area contributed by atoms with Crippen LogP contribution in [0.3, 0.4) is 0 Å². The average Bonchev–Trinajstić information content (AvgIpc) is 2.95. The van der Waals surface area contributed by atoms with Crippen LogP contribution in [0.2, 0.25) is 0 Å². The zero-order valence-electron chi connectivity index (χ0n) is 13.9. The van der Waals surface area contributed by atoms with E-state index in [1.165, 1.54) is 6.07 Å². The van der Waals surface area contributed by atoms with Gasteiger partial charge in [0.15, 0.2) is 11.5 Å². The summed E-state index contributed by atoms with van der Waals surface area (Å²) in [5.74, 6) is 0.693. The van der Waals surface area contributed by atoms with Crippen molar-refractivity contribution < 1.29 is 18.3 Å². The number of benzene rings is 1. The highest BCUT2D eigenvalue weighted by Crippen LogP contribution is 2.46. The zero-order valence-corrected chi connectivity index (χ0v) is 13.9. The number of aromatic nitrogens is 2. The predicted octanol–water partition coefficient (Wildman–Crippen LogP) is 4.39. The predicted molar refractivity (Wildman–Crippen MR) is 92.2 cm³/mol. The summed E-state index contributed by atoms with van der Waals surface area (Å²) in [6.45, 7) is 2.54. The molecular formula is C19H15F2N3O2. The minimum absolute atomic E-state index is 0.0142. The fourth-order valence-corrected chi connectivity index (χ4v) is 2.73. The van der Waals surface area contributed by atoms with Crippen molar-refractivity contribution in [2.45, 2.75) is 19.8 Å². The molecule has 7 heteroatoms. The van der Waals surface area contributed by atoms with E-state index in [9.17, 15) is 8.78 Å². The van der Waals surface area contributed by atoms with Crippen LogP contribution < -0.4 is 14.8 Å². The van der Waals surface area contributed by atoms with Crippen molar-refractivity contribution in [1.82, 2.24) is 9.97 Å². The Morgan fingerprint density at radius 3 is 2.69 bits per heavy atom. The molecule has 1 aliphatic heterocycles. The minimum Gasteiger partial charge on any atom is -0.395 e. The first-order chi connectivity index (χ1) is 12.5. The number of fused-ring (bicyclic) bond motifs is 1. The third kappa shape index (κ3) is 3.15. The molecule has 0 unspecified atom stereocenters. The molecule has 0 atom stereocenters. The van der Waals surface area contributed by atoms with E-state index >= 15 is 0 Å². The van der Waals surface area contributed by atoms with Crippen LogP contribution in [0.15, 0.2) is 54.9 Å². The lowest BCUT2D eigenvalue weighted by Crippen LogP contribution is -2.26. The van der Waals surface area contributed by atoms with Gasteiger partial charge in [0.2, 0.25) is 0 Å². The molecule has 0 fully saturated rings. The number of anilines is 1. The van der Waals surface area contributed by atoms with Crippen molar-refractivity contribution in [3.8, 4) is 22.6 Å². The summed E-state index contributed by atoms with van der Waals surface area (Å²) >= 11 is 0. The number of ether oxygens (including phenoxy) is 2. The molecule has 3 aromatic rings. The number of hydrogen-bond acceptors (Lipinski definition) is 5. The van der Waals surface area contributed by atoms with Gasteiger partial charge < -0.3 is 14.8 Å². The first kappa shape index (κ1) is 16.3. The van der Waals surface area contributed by atoms with Crippen LogP contribution in [0.5, 0.6) is 11.5 Å². The van der Waals surface area contributed by atoms with E-state index in [4.69, 9.17) is 0 Å². The van der Waals surface area contributed by atoms with Gasteiger partial charge in [-0.25, -0.2) is 4.98 Å². The Morgan fingerprint density at radius 1 is 1.04 bits per heavy atom. The number of para-hydroxylation sites is 1. The number of hydrogen-bond donors (Lipinski definition) is 1. The normalized spacial score (nSPS) is 14.3. The van der Waals surface area contributed by atoms with Gasteiger partial charge >= 0.3 is 6.29 Å². The van der Waals surface area contributed by atoms with Crippen molar-refractivity contribution in [3.63, 3.8) is 0 Å². The zero-order chi connectivity index (χ0) is 18.1. The Balaban J connectivity index is 1.53. The van der Waals surface area contributed by atoms with E-state index in [-0.39, 0.29) is 11.5 Å². The second-order valence-electron chi connectivity index (χ2n) is 5.85. The maximum atomic E-state index is 13.3. The molecule has 1 aliphatic rings. The van der Waals surface area contributed by atoms with Crippen LogP contribution in [-0.4, -0.2) is 16.3 Å². The first-order valence-corrected chi connectivity index (χ1v) is 8.01. The monoisotopic (exact) mass is 355 g/mol. The fourth-order valence-electron chi connectivity index (χ4n) is 2.73. The van der Waals surface area contributed by atoms with E-state index in [2.05, 4.69) is 24.8 Å². The van der Waals surface area contributed by atoms with Gasteiger partial charge in [-0.2, -0.15) is 0 Å². The summed E-state index contributed by atoms with van der Waals surface area (Å²) in [5.41, 5.74) is 3.18. The van der Waals surface area contributed by atoms with Gasteiger partial charge in [0.1, 0.15) is 5.82 Å². The van der Waals surface area contributed by atoms with E-state index in [1.54, 1.807) is 36.7 Å². The second kappa shape index (κ2) is 6.25. The molecule has 132 valence electrons. The highest BCUT2D eigenvalue weighted by Gasteiger charge is 2.44. The molecule has 0 saturated carbocycles. The number of nitrogens with zero attached hydrogens (tertiary/aromatic N) is 2. The second-order valence-corrected chi connectivity index (χ2v) is 5.85. The molecule has 5 nitrogen and oxygen atoms in total. The number of rotatable bonds is 4. The van der Waals surface area contributed by atoms with Crippen molar-refractivity contribution >= 4 is 5.82 Å². The highest BCUT2D eigenvalue weighted by molar-refractivity contribution is 5.74. The summed E-state index contributed by atoms with van der Waals surface area (Å²) in [7, 11) is 0. The number of alkyl halides is 2. The maximum absolute atomic E-state index is 13.3. The van der Waals surface area contributed by atoms with Crippen LogP contribution in [0.1, 0.15) is 11.3 Å². The van der Waals surface area contributed by atoms with Crippen LogP contribution in [0, 0.1) is 6.92 Å². The van der Waals surface area contributed by atoms with Gasteiger partial charge in [-0.15, -0.1) is 8.78 Å². The maximum Gasteiger partial charge on any atom is 0.586 e. The Labute approximate surface area is 148 Å². The Bertz CT molecular complexity index is 946. The van der Waals surface area contributed by atoms with E-state index in [0.717, 1.165) is 11.3 Å².